The Morgan fingerprint density at radius 3 is 2.18 bits per heavy atom. The van der Waals surface area contributed by atoms with E-state index in [1.54, 1.807) is 24.3 Å². The van der Waals surface area contributed by atoms with E-state index in [9.17, 15) is 18.0 Å². The summed E-state index contributed by atoms with van der Waals surface area (Å²) in [5.41, 5.74) is 6.92. The van der Waals surface area contributed by atoms with Gasteiger partial charge in [0.15, 0.2) is 0 Å². The molecule has 1 aliphatic rings. The number of likely N-dealkylation sites (tertiary alicyclic amines) is 1. The Bertz CT molecular complexity index is 1100. The van der Waals surface area contributed by atoms with Crippen molar-refractivity contribution in [3.8, 4) is 11.5 Å². The molecular formula is C25H25F3N4O2. The number of aromatic nitrogens is 1. The number of carbonyl (C=O) groups excluding carboxylic acids is 1. The highest BCUT2D eigenvalue weighted by molar-refractivity contribution is 5.82. The minimum atomic E-state index is -4.42. The highest BCUT2D eigenvalue weighted by Crippen LogP contribution is 2.30. The summed E-state index contributed by atoms with van der Waals surface area (Å²) in [5.74, 6) is 1.53. The van der Waals surface area contributed by atoms with Crippen molar-refractivity contribution in [3.63, 3.8) is 0 Å². The summed E-state index contributed by atoms with van der Waals surface area (Å²) in [5, 5.41) is 2.95. The third-order valence-electron chi connectivity index (χ3n) is 5.57. The molecule has 1 saturated heterocycles. The van der Waals surface area contributed by atoms with Gasteiger partial charge in [0, 0.05) is 25.0 Å². The van der Waals surface area contributed by atoms with Gasteiger partial charge in [-0.3, -0.25) is 4.79 Å². The molecule has 1 atom stereocenters. The van der Waals surface area contributed by atoms with Gasteiger partial charge in [-0.25, -0.2) is 4.98 Å². The number of amides is 1. The maximum atomic E-state index is 12.6. The number of benzene rings is 2. The van der Waals surface area contributed by atoms with Crippen LogP contribution in [0.25, 0.3) is 0 Å². The van der Waals surface area contributed by atoms with Gasteiger partial charge in [-0.15, -0.1) is 0 Å². The molecule has 4 rings (SSSR count). The molecule has 0 spiro atoms. The molecule has 34 heavy (non-hydrogen) atoms. The smallest absolute Gasteiger partial charge is 0.417 e. The first-order valence-corrected chi connectivity index (χ1v) is 11.0. The minimum absolute atomic E-state index is 0.00183. The van der Waals surface area contributed by atoms with E-state index in [4.69, 9.17) is 10.5 Å². The van der Waals surface area contributed by atoms with Crippen molar-refractivity contribution in [2.24, 2.45) is 5.73 Å². The molecule has 9 heteroatoms. The zero-order chi connectivity index (χ0) is 24.1. The number of nitrogens with one attached hydrogen (secondary N) is 1. The number of carbonyl (C=O) groups is 1. The van der Waals surface area contributed by atoms with E-state index >= 15 is 0 Å². The quantitative estimate of drug-likeness (QED) is 0.501. The van der Waals surface area contributed by atoms with Crippen LogP contribution in [0.1, 0.15) is 24.0 Å². The van der Waals surface area contributed by atoms with Crippen LogP contribution in [0.15, 0.2) is 66.9 Å². The van der Waals surface area contributed by atoms with Gasteiger partial charge >= 0.3 is 6.18 Å². The molecule has 0 aliphatic carbocycles. The molecule has 0 saturated carbocycles. The molecule has 1 amide bonds. The third kappa shape index (κ3) is 6.05. The Labute approximate surface area is 195 Å². The molecule has 6 nitrogen and oxygen atoms in total. The van der Waals surface area contributed by atoms with Gasteiger partial charge < -0.3 is 20.7 Å². The summed E-state index contributed by atoms with van der Waals surface area (Å²) < 4.78 is 43.8. The van der Waals surface area contributed by atoms with Crippen LogP contribution in [0.5, 0.6) is 11.5 Å². The van der Waals surface area contributed by atoms with Crippen molar-refractivity contribution in [3.05, 3.63) is 78.0 Å². The van der Waals surface area contributed by atoms with E-state index in [2.05, 4.69) is 10.3 Å². The SMILES string of the molecule is NC(Cc1ccc(Oc2ccc(Nc3ccc(C(F)(F)F)cn3)cc2)cc1)C(=O)N1CCCC1. The Hall–Kier alpha value is -3.59. The molecule has 0 bridgehead atoms. The van der Waals surface area contributed by atoms with E-state index in [-0.39, 0.29) is 5.91 Å². The third-order valence-corrected chi connectivity index (χ3v) is 5.57. The summed E-state index contributed by atoms with van der Waals surface area (Å²) in [6.45, 7) is 1.57. The summed E-state index contributed by atoms with van der Waals surface area (Å²) in [7, 11) is 0. The summed E-state index contributed by atoms with van der Waals surface area (Å²) in [6, 6.07) is 16.1. The van der Waals surface area contributed by atoms with Crippen LogP contribution >= 0.6 is 0 Å². The fourth-order valence-corrected chi connectivity index (χ4v) is 3.73. The average Bonchev–Trinajstić information content (AvgIpc) is 3.36. The van der Waals surface area contributed by atoms with Gasteiger partial charge in [0.2, 0.25) is 5.91 Å². The monoisotopic (exact) mass is 470 g/mol. The highest BCUT2D eigenvalue weighted by Gasteiger charge is 2.30. The summed E-state index contributed by atoms with van der Waals surface area (Å²) in [4.78, 5) is 18.0. The topological polar surface area (TPSA) is 80.5 Å². The first-order chi connectivity index (χ1) is 16.3. The Morgan fingerprint density at radius 1 is 1.00 bits per heavy atom. The Balaban J connectivity index is 1.30. The number of rotatable bonds is 7. The second kappa shape index (κ2) is 10.1. The zero-order valence-electron chi connectivity index (χ0n) is 18.4. The molecule has 1 fully saturated rings. The zero-order valence-corrected chi connectivity index (χ0v) is 18.4. The van der Waals surface area contributed by atoms with Crippen molar-refractivity contribution in [2.75, 3.05) is 18.4 Å². The van der Waals surface area contributed by atoms with E-state index in [1.165, 1.54) is 6.07 Å². The van der Waals surface area contributed by atoms with Gasteiger partial charge in [-0.2, -0.15) is 13.2 Å². The predicted molar refractivity (Wildman–Crippen MR) is 123 cm³/mol. The summed E-state index contributed by atoms with van der Waals surface area (Å²) in [6.07, 6.45) is -1.09. The molecule has 1 aromatic heterocycles. The first-order valence-electron chi connectivity index (χ1n) is 11.0. The molecule has 2 aromatic carbocycles. The number of nitrogens with zero attached hydrogens (tertiary/aromatic N) is 2. The molecule has 3 N–H and O–H groups in total. The number of hydrogen-bond acceptors (Lipinski definition) is 5. The van der Waals surface area contributed by atoms with Crippen molar-refractivity contribution >= 4 is 17.4 Å². The van der Waals surface area contributed by atoms with Crippen LogP contribution in [-0.2, 0) is 17.4 Å². The lowest BCUT2D eigenvalue weighted by atomic mass is 10.1. The lowest BCUT2D eigenvalue weighted by Gasteiger charge is -2.20. The fraction of sp³-hybridized carbons (Fsp3) is 0.280. The molecule has 178 valence electrons. The number of alkyl halides is 3. The number of nitrogens with two attached hydrogens (primary N) is 1. The summed E-state index contributed by atoms with van der Waals surface area (Å²) >= 11 is 0. The van der Waals surface area contributed by atoms with E-state index in [0.29, 0.717) is 29.4 Å². The van der Waals surface area contributed by atoms with Gasteiger partial charge in [0.1, 0.15) is 17.3 Å². The van der Waals surface area contributed by atoms with Gasteiger partial charge in [-0.05, 0) is 73.4 Å². The largest absolute Gasteiger partial charge is 0.457 e. The van der Waals surface area contributed by atoms with Crippen molar-refractivity contribution in [1.82, 2.24) is 9.88 Å². The van der Waals surface area contributed by atoms with E-state index < -0.39 is 17.8 Å². The number of ether oxygens (including phenoxy) is 1. The molecular weight excluding hydrogens is 445 g/mol. The normalized spacial score (nSPS) is 14.6. The maximum absolute atomic E-state index is 12.6. The lowest BCUT2D eigenvalue weighted by Crippen LogP contribution is -2.43. The van der Waals surface area contributed by atoms with Crippen LogP contribution in [0.3, 0.4) is 0 Å². The molecule has 1 unspecified atom stereocenters. The number of halogens is 3. The Morgan fingerprint density at radius 2 is 1.62 bits per heavy atom. The molecule has 0 radical (unpaired) electrons. The van der Waals surface area contributed by atoms with Gasteiger partial charge in [0.05, 0.1) is 11.6 Å². The van der Waals surface area contributed by atoms with Crippen molar-refractivity contribution < 1.29 is 22.7 Å². The minimum Gasteiger partial charge on any atom is -0.457 e. The van der Waals surface area contributed by atoms with E-state index in [1.807, 2.05) is 29.2 Å². The van der Waals surface area contributed by atoms with Crippen LogP contribution in [0.4, 0.5) is 24.7 Å². The maximum Gasteiger partial charge on any atom is 0.417 e. The van der Waals surface area contributed by atoms with Gasteiger partial charge in [-0.1, -0.05) is 12.1 Å². The molecule has 1 aliphatic heterocycles. The van der Waals surface area contributed by atoms with Gasteiger partial charge in [0.25, 0.3) is 0 Å². The second-order valence-corrected chi connectivity index (χ2v) is 8.17. The van der Waals surface area contributed by atoms with Crippen molar-refractivity contribution in [2.45, 2.75) is 31.5 Å². The predicted octanol–water partition coefficient (Wildman–Crippen LogP) is 5.13. The lowest BCUT2D eigenvalue weighted by molar-refractivity contribution is -0.137. The number of anilines is 2. The highest BCUT2D eigenvalue weighted by atomic mass is 19.4. The Kier molecular flexibility index (Phi) is 7.02. The average molecular weight is 470 g/mol. The molecule has 2 heterocycles. The standard InChI is InChI=1S/C25H25F3N4O2/c26-25(27,28)18-5-12-23(30-16-18)31-19-6-10-21(11-7-19)34-20-8-3-17(4-9-20)15-22(29)24(33)32-13-1-2-14-32/h3-12,16,22H,1-2,13-15,29H2,(H,30,31). The van der Waals surface area contributed by atoms with Crippen LogP contribution in [0.2, 0.25) is 0 Å². The number of hydrogen-bond donors (Lipinski definition) is 2. The number of pyridine rings is 1. The van der Waals surface area contributed by atoms with E-state index in [0.717, 1.165) is 43.8 Å². The first kappa shape index (κ1) is 23.6. The van der Waals surface area contributed by atoms with Crippen LogP contribution < -0.4 is 15.8 Å². The van der Waals surface area contributed by atoms with Crippen molar-refractivity contribution in [1.29, 1.82) is 0 Å². The van der Waals surface area contributed by atoms with Crippen LogP contribution in [-0.4, -0.2) is 34.9 Å². The second-order valence-electron chi connectivity index (χ2n) is 8.17. The fourth-order valence-electron chi connectivity index (χ4n) is 3.73. The van der Waals surface area contributed by atoms with Crippen LogP contribution in [0, 0.1) is 0 Å². The molecule has 3 aromatic rings.